The van der Waals surface area contributed by atoms with Gasteiger partial charge < -0.3 is 4.90 Å². The van der Waals surface area contributed by atoms with Crippen molar-refractivity contribution in [3.05, 3.63) is 48.0 Å². The lowest BCUT2D eigenvalue weighted by Gasteiger charge is -2.32. The van der Waals surface area contributed by atoms with Crippen molar-refractivity contribution in [3.63, 3.8) is 0 Å². The first-order valence-corrected chi connectivity index (χ1v) is 12.0. The first-order chi connectivity index (χ1) is 13.6. The van der Waals surface area contributed by atoms with Crippen LogP contribution in [0.3, 0.4) is 0 Å². The Bertz CT molecular complexity index is 854. The Morgan fingerprint density at radius 3 is 2.21 bits per heavy atom. The maximum absolute atomic E-state index is 12.8. The van der Waals surface area contributed by atoms with Gasteiger partial charge in [-0.25, -0.2) is 8.42 Å². The van der Waals surface area contributed by atoms with Crippen molar-refractivity contribution in [1.29, 1.82) is 0 Å². The van der Waals surface area contributed by atoms with Gasteiger partial charge in [0.05, 0.1) is 5.25 Å². The zero-order valence-electron chi connectivity index (χ0n) is 16.3. The monoisotopic (exact) mass is 399 g/mol. The summed E-state index contributed by atoms with van der Waals surface area (Å²) >= 11 is 0. The summed E-state index contributed by atoms with van der Waals surface area (Å²) in [5.41, 5.74) is 1.40. The van der Waals surface area contributed by atoms with Gasteiger partial charge in [-0.05, 0) is 55.7 Å². The van der Waals surface area contributed by atoms with Crippen molar-refractivity contribution in [3.8, 4) is 0 Å². The molecule has 0 atom stereocenters. The fraction of sp³-hybridized carbons (Fsp3) is 0.545. The zero-order chi connectivity index (χ0) is 19.4. The SMILES string of the molecule is O=S(=O)(c1ccc(N2CCC(Cc3ccccc3)CC2)nn1)C1CCCCC1. The topological polar surface area (TPSA) is 63.2 Å². The number of anilines is 1. The Morgan fingerprint density at radius 2 is 1.57 bits per heavy atom. The normalized spacial score (nSPS) is 19.6. The van der Waals surface area contributed by atoms with E-state index in [0.717, 1.165) is 70.3 Å². The summed E-state index contributed by atoms with van der Waals surface area (Å²) in [5, 5.41) is 8.24. The largest absolute Gasteiger partial charge is 0.355 e. The lowest BCUT2D eigenvalue weighted by molar-refractivity contribution is 0.401. The summed E-state index contributed by atoms with van der Waals surface area (Å²) in [7, 11) is -3.35. The molecule has 0 spiro atoms. The molecule has 1 aromatic carbocycles. The number of benzene rings is 1. The summed E-state index contributed by atoms with van der Waals surface area (Å²) in [5.74, 6) is 1.48. The van der Waals surface area contributed by atoms with Gasteiger partial charge in [-0.3, -0.25) is 0 Å². The number of aromatic nitrogens is 2. The first kappa shape index (κ1) is 19.4. The molecule has 2 heterocycles. The lowest BCUT2D eigenvalue weighted by atomic mass is 9.90. The van der Waals surface area contributed by atoms with E-state index in [1.165, 1.54) is 5.56 Å². The van der Waals surface area contributed by atoms with Gasteiger partial charge in [0.1, 0.15) is 0 Å². The molecule has 1 aromatic heterocycles. The van der Waals surface area contributed by atoms with Crippen molar-refractivity contribution in [2.24, 2.45) is 5.92 Å². The highest BCUT2D eigenvalue weighted by Crippen LogP contribution is 2.29. The average Bonchev–Trinajstić information content (AvgIpc) is 2.76. The number of rotatable bonds is 5. The van der Waals surface area contributed by atoms with Crippen molar-refractivity contribution < 1.29 is 8.42 Å². The molecular formula is C22H29N3O2S. The number of sulfone groups is 1. The van der Waals surface area contributed by atoms with Crippen LogP contribution in [0.2, 0.25) is 0 Å². The van der Waals surface area contributed by atoms with Gasteiger partial charge in [0.2, 0.25) is 0 Å². The maximum Gasteiger partial charge on any atom is 0.200 e. The zero-order valence-corrected chi connectivity index (χ0v) is 17.2. The van der Waals surface area contributed by atoms with Gasteiger partial charge in [0.15, 0.2) is 20.7 Å². The average molecular weight is 400 g/mol. The molecule has 4 rings (SSSR count). The highest BCUT2D eigenvalue weighted by molar-refractivity contribution is 7.92. The van der Waals surface area contributed by atoms with Crippen LogP contribution in [0.5, 0.6) is 0 Å². The van der Waals surface area contributed by atoms with Gasteiger partial charge >= 0.3 is 0 Å². The fourth-order valence-corrected chi connectivity index (χ4v) is 6.20. The predicted octanol–water partition coefficient (Wildman–Crippen LogP) is 4.04. The summed E-state index contributed by atoms with van der Waals surface area (Å²) in [4.78, 5) is 2.23. The van der Waals surface area contributed by atoms with E-state index in [2.05, 4.69) is 45.4 Å². The highest BCUT2D eigenvalue weighted by Gasteiger charge is 2.30. The highest BCUT2D eigenvalue weighted by atomic mass is 32.2. The third-order valence-electron chi connectivity index (χ3n) is 6.21. The van der Waals surface area contributed by atoms with Crippen LogP contribution in [-0.2, 0) is 16.3 Å². The van der Waals surface area contributed by atoms with E-state index in [-0.39, 0.29) is 10.3 Å². The van der Waals surface area contributed by atoms with E-state index in [1.54, 1.807) is 6.07 Å². The van der Waals surface area contributed by atoms with Gasteiger partial charge in [0, 0.05) is 13.1 Å². The van der Waals surface area contributed by atoms with Crippen LogP contribution in [-0.4, -0.2) is 37.0 Å². The van der Waals surface area contributed by atoms with Crippen molar-refractivity contribution in [2.45, 2.75) is 61.6 Å². The van der Waals surface area contributed by atoms with Gasteiger partial charge in [-0.2, -0.15) is 0 Å². The Morgan fingerprint density at radius 1 is 0.857 bits per heavy atom. The molecule has 2 fully saturated rings. The van der Waals surface area contributed by atoms with Gasteiger partial charge in [-0.15, -0.1) is 10.2 Å². The maximum atomic E-state index is 12.8. The van der Waals surface area contributed by atoms with E-state index in [4.69, 9.17) is 0 Å². The Kier molecular flexibility index (Phi) is 5.95. The Labute approximate surface area is 168 Å². The molecule has 5 nitrogen and oxygen atoms in total. The third-order valence-corrected chi connectivity index (χ3v) is 8.36. The molecular weight excluding hydrogens is 370 g/mol. The quantitative estimate of drug-likeness (QED) is 0.759. The summed E-state index contributed by atoms with van der Waals surface area (Å²) in [6.45, 7) is 1.89. The van der Waals surface area contributed by atoms with Gasteiger partial charge in [0.25, 0.3) is 0 Å². The first-order valence-electron chi connectivity index (χ1n) is 10.5. The summed E-state index contributed by atoms with van der Waals surface area (Å²) in [6.07, 6.45) is 8.00. The second-order valence-electron chi connectivity index (χ2n) is 8.15. The Balaban J connectivity index is 1.36. The molecule has 150 valence electrons. The van der Waals surface area contributed by atoms with Crippen molar-refractivity contribution >= 4 is 15.7 Å². The van der Waals surface area contributed by atoms with Crippen LogP contribution in [0, 0.1) is 5.92 Å². The number of hydrogen-bond acceptors (Lipinski definition) is 5. The minimum atomic E-state index is -3.35. The molecule has 6 heteroatoms. The minimum Gasteiger partial charge on any atom is -0.355 e. The molecule has 0 N–H and O–H groups in total. The minimum absolute atomic E-state index is 0.141. The van der Waals surface area contributed by atoms with Crippen LogP contribution in [0.25, 0.3) is 0 Å². The van der Waals surface area contributed by atoms with Crippen molar-refractivity contribution in [1.82, 2.24) is 10.2 Å². The molecule has 1 saturated heterocycles. The third kappa shape index (κ3) is 4.37. The van der Waals surface area contributed by atoms with E-state index in [1.807, 2.05) is 6.07 Å². The molecule has 1 saturated carbocycles. The Hall–Kier alpha value is -1.95. The lowest BCUT2D eigenvalue weighted by Crippen LogP contribution is -2.35. The van der Waals surface area contributed by atoms with Crippen LogP contribution in [0.15, 0.2) is 47.5 Å². The standard InChI is InChI=1S/C22H29N3O2S/c26-28(27,20-9-5-2-6-10-20)22-12-11-21(23-24-22)25-15-13-19(14-16-25)17-18-7-3-1-4-8-18/h1,3-4,7-8,11-12,19-20H,2,5-6,9-10,13-17H2. The molecule has 1 aliphatic carbocycles. The van der Waals surface area contributed by atoms with Crippen LogP contribution in [0.4, 0.5) is 5.82 Å². The number of hydrogen-bond donors (Lipinski definition) is 0. The summed E-state index contributed by atoms with van der Waals surface area (Å²) in [6, 6.07) is 14.1. The second kappa shape index (κ2) is 8.60. The molecule has 28 heavy (non-hydrogen) atoms. The second-order valence-corrected chi connectivity index (χ2v) is 10.3. The molecule has 0 unspecified atom stereocenters. The van der Waals surface area contributed by atoms with E-state index in [0.29, 0.717) is 5.92 Å². The molecule has 2 aromatic rings. The molecule has 1 aliphatic heterocycles. The molecule has 0 amide bonds. The van der Waals surface area contributed by atoms with E-state index in [9.17, 15) is 8.42 Å². The summed E-state index contributed by atoms with van der Waals surface area (Å²) < 4.78 is 25.6. The van der Waals surface area contributed by atoms with Crippen LogP contribution in [0.1, 0.15) is 50.5 Å². The van der Waals surface area contributed by atoms with E-state index < -0.39 is 9.84 Å². The fourth-order valence-electron chi connectivity index (χ4n) is 4.49. The number of piperidine rings is 1. The van der Waals surface area contributed by atoms with Crippen molar-refractivity contribution in [2.75, 3.05) is 18.0 Å². The molecule has 2 aliphatic rings. The smallest absolute Gasteiger partial charge is 0.200 e. The van der Waals surface area contributed by atoms with Gasteiger partial charge in [-0.1, -0.05) is 49.6 Å². The number of nitrogens with zero attached hydrogens (tertiary/aromatic N) is 3. The van der Waals surface area contributed by atoms with Crippen LogP contribution >= 0.6 is 0 Å². The van der Waals surface area contributed by atoms with E-state index >= 15 is 0 Å². The molecule has 0 bridgehead atoms. The van der Waals surface area contributed by atoms with Crippen LogP contribution < -0.4 is 4.90 Å². The molecule has 0 radical (unpaired) electrons. The predicted molar refractivity (Wildman–Crippen MR) is 111 cm³/mol.